The van der Waals surface area contributed by atoms with Gasteiger partial charge in [-0.2, -0.15) is 18.3 Å². The van der Waals surface area contributed by atoms with Gasteiger partial charge in [0.15, 0.2) is 0 Å². The Hall–Kier alpha value is -2.38. The molecule has 5 nitrogen and oxygen atoms in total. The fraction of sp³-hybridized carbons (Fsp3) is 0.100. The van der Waals surface area contributed by atoms with Gasteiger partial charge in [0.1, 0.15) is 0 Å². The number of hydrogen-bond donors (Lipinski definition) is 0. The van der Waals surface area contributed by atoms with Crippen LogP contribution in [0.15, 0.2) is 36.7 Å². The van der Waals surface area contributed by atoms with Crippen LogP contribution in [-0.4, -0.2) is 14.7 Å². The molecule has 0 amide bonds. The van der Waals surface area contributed by atoms with Gasteiger partial charge in [0, 0.05) is 24.5 Å². The zero-order chi connectivity index (χ0) is 13.3. The van der Waals surface area contributed by atoms with E-state index in [2.05, 4.69) is 5.10 Å². The molecule has 2 rings (SSSR count). The molecule has 0 N–H and O–H groups in total. The van der Waals surface area contributed by atoms with Crippen molar-refractivity contribution in [3.8, 4) is 5.69 Å². The molecule has 8 heteroatoms. The quantitative estimate of drug-likeness (QED) is 0.613. The third-order valence-electron chi connectivity index (χ3n) is 2.21. The summed E-state index contributed by atoms with van der Waals surface area (Å²) in [6.45, 7) is 0. The normalized spacial score (nSPS) is 11.5. The van der Waals surface area contributed by atoms with Crippen LogP contribution in [0.2, 0.25) is 0 Å². The number of halogens is 3. The lowest BCUT2D eigenvalue weighted by molar-refractivity contribution is -0.385. The Bertz CT molecular complexity index is 579. The first kappa shape index (κ1) is 12.1. The first-order valence-corrected chi connectivity index (χ1v) is 4.74. The van der Waals surface area contributed by atoms with Gasteiger partial charge in [0.2, 0.25) is 0 Å². The summed E-state index contributed by atoms with van der Waals surface area (Å²) in [6, 6.07) is 3.83. The summed E-state index contributed by atoms with van der Waals surface area (Å²) in [4.78, 5) is 9.74. The number of nitro groups is 1. The average Bonchev–Trinajstić information content (AvgIpc) is 2.80. The first-order valence-electron chi connectivity index (χ1n) is 4.74. The number of rotatable bonds is 2. The first-order chi connectivity index (χ1) is 8.38. The van der Waals surface area contributed by atoms with E-state index in [0.717, 1.165) is 16.8 Å². The molecule has 0 bridgehead atoms. The Morgan fingerprint density at radius 1 is 1.28 bits per heavy atom. The molecule has 1 aromatic carbocycles. The zero-order valence-electron chi connectivity index (χ0n) is 8.76. The number of nitro benzene ring substituents is 1. The van der Waals surface area contributed by atoms with Gasteiger partial charge in [-0.1, -0.05) is 0 Å². The van der Waals surface area contributed by atoms with Crippen molar-refractivity contribution in [2.24, 2.45) is 0 Å². The number of hydrogen-bond acceptors (Lipinski definition) is 3. The van der Waals surface area contributed by atoms with E-state index in [9.17, 15) is 23.3 Å². The molecule has 0 atom stereocenters. The SMILES string of the molecule is O=[N+]([O-])c1cc(-n2cccn2)cc(C(F)(F)F)c1. The fourth-order valence-electron chi connectivity index (χ4n) is 1.42. The Morgan fingerprint density at radius 3 is 2.50 bits per heavy atom. The van der Waals surface area contributed by atoms with Gasteiger partial charge in [0.25, 0.3) is 5.69 Å². The van der Waals surface area contributed by atoms with Gasteiger partial charge in [0.05, 0.1) is 16.2 Å². The second-order valence-corrected chi connectivity index (χ2v) is 3.44. The molecule has 0 saturated heterocycles. The van der Waals surface area contributed by atoms with E-state index in [0.29, 0.717) is 6.07 Å². The van der Waals surface area contributed by atoms with E-state index in [1.807, 2.05) is 0 Å². The lowest BCUT2D eigenvalue weighted by atomic mass is 10.1. The highest BCUT2D eigenvalue weighted by Gasteiger charge is 2.33. The molecular weight excluding hydrogens is 251 g/mol. The Morgan fingerprint density at radius 2 is 2.00 bits per heavy atom. The molecule has 18 heavy (non-hydrogen) atoms. The summed E-state index contributed by atoms with van der Waals surface area (Å²) in [5, 5.41) is 14.3. The molecule has 0 radical (unpaired) electrons. The van der Waals surface area contributed by atoms with Crippen molar-refractivity contribution in [3.63, 3.8) is 0 Å². The zero-order valence-corrected chi connectivity index (χ0v) is 8.76. The van der Waals surface area contributed by atoms with Crippen molar-refractivity contribution in [3.05, 3.63) is 52.3 Å². The molecule has 0 aliphatic heterocycles. The third-order valence-corrected chi connectivity index (χ3v) is 2.21. The van der Waals surface area contributed by atoms with E-state index >= 15 is 0 Å². The molecule has 94 valence electrons. The van der Waals surface area contributed by atoms with Gasteiger partial charge in [-0.3, -0.25) is 10.1 Å². The maximum atomic E-state index is 12.6. The highest BCUT2D eigenvalue weighted by atomic mass is 19.4. The van der Waals surface area contributed by atoms with Gasteiger partial charge < -0.3 is 0 Å². The standard InChI is InChI=1S/C10H6F3N3O2/c11-10(12,13)7-4-8(15-3-1-2-14-15)6-9(5-7)16(17)18/h1-6H. The third kappa shape index (κ3) is 2.31. The van der Waals surface area contributed by atoms with Crippen LogP contribution in [0.1, 0.15) is 5.56 Å². The molecule has 0 spiro atoms. The lowest BCUT2D eigenvalue weighted by Gasteiger charge is -2.09. The van der Waals surface area contributed by atoms with Crippen molar-refractivity contribution in [2.45, 2.75) is 6.18 Å². The maximum Gasteiger partial charge on any atom is 0.416 e. The van der Waals surface area contributed by atoms with Crippen LogP contribution >= 0.6 is 0 Å². The summed E-state index contributed by atoms with van der Waals surface area (Å²) in [6.07, 6.45) is -1.88. The van der Waals surface area contributed by atoms with Gasteiger partial charge in [-0.15, -0.1) is 0 Å². The average molecular weight is 257 g/mol. The molecule has 0 unspecified atom stereocenters. The van der Waals surface area contributed by atoms with E-state index < -0.39 is 22.4 Å². The molecular formula is C10H6F3N3O2. The van der Waals surface area contributed by atoms with E-state index in [1.165, 1.54) is 18.5 Å². The Labute approximate surface area is 98.6 Å². The molecule has 1 heterocycles. The number of alkyl halides is 3. The number of non-ortho nitro benzene ring substituents is 1. The fourth-order valence-corrected chi connectivity index (χ4v) is 1.42. The highest BCUT2D eigenvalue weighted by molar-refractivity contribution is 5.47. The van der Waals surface area contributed by atoms with Crippen molar-refractivity contribution < 1.29 is 18.1 Å². The minimum absolute atomic E-state index is 0.0125. The summed E-state index contributed by atoms with van der Waals surface area (Å²) >= 11 is 0. The number of benzene rings is 1. The predicted molar refractivity (Wildman–Crippen MR) is 55.2 cm³/mol. The highest BCUT2D eigenvalue weighted by Crippen LogP contribution is 2.33. The Balaban J connectivity index is 2.61. The topological polar surface area (TPSA) is 61.0 Å². The second-order valence-electron chi connectivity index (χ2n) is 3.44. The smallest absolute Gasteiger partial charge is 0.258 e. The minimum Gasteiger partial charge on any atom is -0.258 e. The monoisotopic (exact) mass is 257 g/mol. The minimum atomic E-state index is -4.64. The van der Waals surface area contributed by atoms with Crippen LogP contribution < -0.4 is 0 Å². The summed E-state index contributed by atoms with van der Waals surface area (Å²) in [7, 11) is 0. The van der Waals surface area contributed by atoms with Crippen LogP contribution in [0.3, 0.4) is 0 Å². The van der Waals surface area contributed by atoms with Crippen molar-refractivity contribution in [2.75, 3.05) is 0 Å². The lowest BCUT2D eigenvalue weighted by Crippen LogP contribution is -2.07. The molecule has 0 saturated carbocycles. The largest absolute Gasteiger partial charge is 0.416 e. The molecule has 2 aromatic rings. The van der Waals surface area contributed by atoms with Gasteiger partial charge in [-0.05, 0) is 12.1 Å². The maximum absolute atomic E-state index is 12.6. The van der Waals surface area contributed by atoms with Crippen LogP contribution in [-0.2, 0) is 6.18 Å². The van der Waals surface area contributed by atoms with E-state index in [1.54, 1.807) is 0 Å². The van der Waals surface area contributed by atoms with Crippen LogP contribution in [0.5, 0.6) is 0 Å². The van der Waals surface area contributed by atoms with Crippen LogP contribution in [0.4, 0.5) is 18.9 Å². The van der Waals surface area contributed by atoms with Crippen molar-refractivity contribution in [1.29, 1.82) is 0 Å². The van der Waals surface area contributed by atoms with Gasteiger partial charge >= 0.3 is 6.18 Å². The second kappa shape index (κ2) is 4.13. The van der Waals surface area contributed by atoms with Crippen LogP contribution in [0.25, 0.3) is 5.69 Å². The van der Waals surface area contributed by atoms with Gasteiger partial charge in [-0.25, -0.2) is 4.68 Å². The van der Waals surface area contributed by atoms with E-state index in [4.69, 9.17) is 0 Å². The summed E-state index contributed by atoms with van der Waals surface area (Å²) in [5.74, 6) is 0. The number of nitrogens with zero attached hydrogens (tertiary/aromatic N) is 3. The Kier molecular flexibility index (Phi) is 2.77. The number of aromatic nitrogens is 2. The predicted octanol–water partition coefficient (Wildman–Crippen LogP) is 2.80. The van der Waals surface area contributed by atoms with Crippen molar-refractivity contribution >= 4 is 5.69 Å². The molecule has 0 fully saturated rings. The van der Waals surface area contributed by atoms with Crippen LogP contribution in [0, 0.1) is 10.1 Å². The molecule has 1 aromatic heterocycles. The summed E-state index contributed by atoms with van der Waals surface area (Å²) in [5.41, 5.74) is -1.72. The molecule has 0 aliphatic carbocycles. The van der Waals surface area contributed by atoms with E-state index in [-0.39, 0.29) is 5.69 Å². The molecule has 0 aliphatic rings. The van der Waals surface area contributed by atoms with Crippen molar-refractivity contribution in [1.82, 2.24) is 9.78 Å². The summed E-state index contributed by atoms with van der Waals surface area (Å²) < 4.78 is 38.9.